The topological polar surface area (TPSA) is 82.5 Å². The van der Waals surface area contributed by atoms with Gasteiger partial charge >= 0.3 is 0 Å². The van der Waals surface area contributed by atoms with Crippen molar-refractivity contribution < 1.29 is 13.9 Å². The first-order chi connectivity index (χ1) is 13.6. The first kappa shape index (κ1) is 16.4. The van der Waals surface area contributed by atoms with Crippen molar-refractivity contribution in [2.45, 2.75) is 19.8 Å². The van der Waals surface area contributed by atoms with Crippen LogP contribution in [0.5, 0.6) is 5.88 Å². The maximum absolute atomic E-state index is 12.5. The van der Waals surface area contributed by atoms with Crippen LogP contribution in [0, 0.1) is 0 Å². The molecule has 0 aliphatic carbocycles. The second-order valence-electron chi connectivity index (χ2n) is 6.62. The van der Waals surface area contributed by atoms with Crippen molar-refractivity contribution in [2.24, 2.45) is 0 Å². The molecule has 0 radical (unpaired) electrons. The Kier molecular flexibility index (Phi) is 3.61. The van der Waals surface area contributed by atoms with Gasteiger partial charge in [0, 0.05) is 11.5 Å². The summed E-state index contributed by atoms with van der Waals surface area (Å²) in [7, 11) is 0. The average molecular weight is 372 g/mol. The minimum Gasteiger partial charge on any atom is -0.461 e. The molecule has 7 heteroatoms. The number of furan rings is 1. The monoisotopic (exact) mass is 372 g/mol. The first-order valence-electron chi connectivity index (χ1n) is 8.87. The standard InChI is InChI=1S/C21H16N4O3/c1-12(26)16-13(2)28-21-18(17(16)14-7-4-3-5-8-14)20-23-19(15-9-6-10-27-15)24-25(20)11-22-21/h3-11,17H,1-2H3. The number of fused-ring (bicyclic) bond motifs is 3. The molecule has 0 amide bonds. The molecule has 3 aromatic heterocycles. The SMILES string of the molecule is CC(=O)C1=C(C)Oc2ncn3nc(-c4ccco4)nc3c2C1c1ccccc1. The fourth-order valence-electron chi connectivity index (χ4n) is 3.68. The summed E-state index contributed by atoms with van der Waals surface area (Å²) in [4.78, 5) is 21.6. The minimum absolute atomic E-state index is 0.0511. The Morgan fingerprint density at radius 3 is 2.68 bits per heavy atom. The van der Waals surface area contributed by atoms with E-state index in [2.05, 4.69) is 15.1 Å². The quantitative estimate of drug-likeness (QED) is 0.544. The zero-order valence-corrected chi connectivity index (χ0v) is 15.3. The lowest BCUT2D eigenvalue weighted by atomic mass is 9.82. The number of carbonyl (C=O) groups excluding carboxylic acids is 1. The average Bonchev–Trinajstić information content (AvgIpc) is 3.36. The molecule has 0 bridgehead atoms. The molecule has 0 fully saturated rings. The van der Waals surface area contributed by atoms with Crippen molar-refractivity contribution in [1.29, 1.82) is 0 Å². The summed E-state index contributed by atoms with van der Waals surface area (Å²) < 4.78 is 12.9. The second-order valence-corrected chi connectivity index (χ2v) is 6.62. The molecule has 28 heavy (non-hydrogen) atoms. The van der Waals surface area contributed by atoms with Crippen molar-refractivity contribution in [3.8, 4) is 17.5 Å². The number of benzene rings is 1. The van der Waals surface area contributed by atoms with Gasteiger partial charge in [-0.3, -0.25) is 4.79 Å². The van der Waals surface area contributed by atoms with Crippen LogP contribution in [0.1, 0.15) is 30.9 Å². The molecule has 1 atom stereocenters. The van der Waals surface area contributed by atoms with Gasteiger partial charge in [0.2, 0.25) is 11.7 Å². The summed E-state index contributed by atoms with van der Waals surface area (Å²) in [5, 5.41) is 4.47. The van der Waals surface area contributed by atoms with E-state index in [1.54, 1.807) is 43.1 Å². The van der Waals surface area contributed by atoms with Crippen LogP contribution in [0.3, 0.4) is 0 Å². The summed E-state index contributed by atoms with van der Waals surface area (Å²) in [6, 6.07) is 13.4. The third kappa shape index (κ3) is 2.44. The van der Waals surface area contributed by atoms with E-state index >= 15 is 0 Å². The predicted octanol–water partition coefficient (Wildman–Crippen LogP) is 3.77. The fourth-order valence-corrected chi connectivity index (χ4v) is 3.68. The van der Waals surface area contributed by atoms with Crippen molar-refractivity contribution in [2.75, 3.05) is 0 Å². The van der Waals surface area contributed by atoms with Gasteiger partial charge < -0.3 is 9.15 Å². The molecule has 1 unspecified atom stereocenters. The van der Waals surface area contributed by atoms with Crippen LogP contribution in [0.25, 0.3) is 17.2 Å². The lowest BCUT2D eigenvalue weighted by Gasteiger charge is -2.28. The molecule has 0 N–H and O–H groups in total. The van der Waals surface area contributed by atoms with Crippen LogP contribution < -0.4 is 4.74 Å². The Bertz CT molecular complexity index is 1220. The molecule has 7 nitrogen and oxygen atoms in total. The number of carbonyl (C=O) groups is 1. The molecule has 4 heterocycles. The fraction of sp³-hybridized carbons (Fsp3) is 0.143. The predicted molar refractivity (Wildman–Crippen MR) is 101 cm³/mol. The van der Waals surface area contributed by atoms with Crippen LogP contribution in [0.2, 0.25) is 0 Å². The van der Waals surface area contributed by atoms with Crippen molar-refractivity contribution in [3.05, 3.63) is 77.5 Å². The highest BCUT2D eigenvalue weighted by molar-refractivity contribution is 5.97. The van der Waals surface area contributed by atoms with E-state index in [0.717, 1.165) is 11.1 Å². The van der Waals surface area contributed by atoms with Crippen molar-refractivity contribution in [1.82, 2.24) is 19.6 Å². The zero-order valence-electron chi connectivity index (χ0n) is 15.3. The van der Waals surface area contributed by atoms with Crippen molar-refractivity contribution in [3.63, 3.8) is 0 Å². The molecule has 0 saturated carbocycles. The second kappa shape index (κ2) is 6.16. The van der Waals surface area contributed by atoms with Gasteiger partial charge in [-0.05, 0) is 31.5 Å². The number of ketones is 1. The summed E-state index contributed by atoms with van der Waals surface area (Å²) in [6.45, 7) is 3.34. The maximum Gasteiger partial charge on any atom is 0.228 e. The molecule has 138 valence electrons. The lowest BCUT2D eigenvalue weighted by molar-refractivity contribution is -0.114. The largest absolute Gasteiger partial charge is 0.461 e. The van der Waals surface area contributed by atoms with Crippen LogP contribution in [0.15, 0.2) is 70.8 Å². The van der Waals surface area contributed by atoms with Gasteiger partial charge in [-0.2, -0.15) is 0 Å². The highest BCUT2D eigenvalue weighted by Gasteiger charge is 2.35. The molecule has 0 spiro atoms. The number of ether oxygens (including phenoxy) is 1. The van der Waals surface area contributed by atoms with Gasteiger partial charge in [0.1, 0.15) is 12.1 Å². The van der Waals surface area contributed by atoms with E-state index in [9.17, 15) is 4.79 Å². The molecule has 1 aromatic carbocycles. The van der Waals surface area contributed by atoms with Gasteiger partial charge in [-0.25, -0.2) is 14.5 Å². The smallest absolute Gasteiger partial charge is 0.228 e. The van der Waals surface area contributed by atoms with E-state index in [0.29, 0.717) is 34.4 Å². The Morgan fingerprint density at radius 2 is 1.96 bits per heavy atom. The highest BCUT2D eigenvalue weighted by Crippen LogP contribution is 2.44. The number of hydrogen-bond acceptors (Lipinski definition) is 6. The lowest BCUT2D eigenvalue weighted by Crippen LogP contribution is -2.22. The molecule has 5 rings (SSSR count). The van der Waals surface area contributed by atoms with E-state index in [-0.39, 0.29) is 11.7 Å². The number of rotatable bonds is 3. The van der Waals surface area contributed by atoms with Gasteiger partial charge in [-0.15, -0.1) is 5.10 Å². The van der Waals surface area contributed by atoms with Crippen LogP contribution in [-0.4, -0.2) is 25.4 Å². The molecular formula is C21H16N4O3. The normalized spacial score (nSPS) is 16.1. The number of allylic oxidation sites excluding steroid dienone is 2. The summed E-state index contributed by atoms with van der Waals surface area (Å²) in [5.41, 5.74) is 2.86. The minimum atomic E-state index is -0.340. The summed E-state index contributed by atoms with van der Waals surface area (Å²) in [5.74, 6) is 1.60. The molecule has 0 saturated heterocycles. The molecule has 1 aliphatic heterocycles. The third-order valence-corrected chi connectivity index (χ3v) is 4.85. The van der Waals surface area contributed by atoms with Crippen LogP contribution in [-0.2, 0) is 4.79 Å². The maximum atomic E-state index is 12.5. The number of Topliss-reactive ketones (excluding diaryl/α,β-unsaturated/α-hetero) is 1. The number of aromatic nitrogens is 4. The number of hydrogen-bond donors (Lipinski definition) is 0. The molecule has 4 aromatic rings. The summed E-state index contributed by atoms with van der Waals surface area (Å²) >= 11 is 0. The van der Waals surface area contributed by atoms with Crippen LogP contribution in [0.4, 0.5) is 0 Å². The van der Waals surface area contributed by atoms with Gasteiger partial charge in [0.05, 0.1) is 11.8 Å². The van der Waals surface area contributed by atoms with E-state index in [1.165, 1.54) is 0 Å². The van der Waals surface area contributed by atoms with Gasteiger partial charge in [-0.1, -0.05) is 30.3 Å². The highest BCUT2D eigenvalue weighted by atomic mass is 16.5. The van der Waals surface area contributed by atoms with E-state index in [1.807, 2.05) is 30.3 Å². The van der Waals surface area contributed by atoms with Gasteiger partial charge in [0.25, 0.3) is 0 Å². The van der Waals surface area contributed by atoms with E-state index < -0.39 is 0 Å². The number of nitrogens with zero attached hydrogens (tertiary/aromatic N) is 4. The Morgan fingerprint density at radius 1 is 1.14 bits per heavy atom. The molecule has 1 aliphatic rings. The first-order valence-corrected chi connectivity index (χ1v) is 8.87. The van der Waals surface area contributed by atoms with Crippen molar-refractivity contribution >= 4 is 11.4 Å². The zero-order chi connectivity index (χ0) is 19.3. The summed E-state index contributed by atoms with van der Waals surface area (Å²) in [6.07, 6.45) is 3.13. The van der Waals surface area contributed by atoms with E-state index in [4.69, 9.17) is 9.15 Å². The molecular weight excluding hydrogens is 356 g/mol. The Balaban J connectivity index is 1.80. The van der Waals surface area contributed by atoms with Crippen LogP contribution >= 0.6 is 0 Å². The van der Waals surface area contributed by atoms with Gasteiger partial charge in [0.15, 0.2) is 17.2 Å². The Hall–Kier alpha value is -3.74. The third-order valence-electron chi connectivity index (χ3n) is 4.85. The Labute approximate surface area is 160 Å².